The Bertz CT molecular complexity index is 328. The molecule has 2 aliphatic rings. The standard InChI is InChI=1S/C13H16O/c14-12-5-3-10(4-6-12)13-8-9-1-2-11(13)7-9/h3-6,9,11,13-14H,1-2,7-8H2. The Kier molecular flexibility index (Phi) is 1.79. The molecule has 0 heterocycles. The van der Waals surface area contributed by atoms with Gasteiger partial charge in [-0.1, -0.05) is 18.6 Å². The number of hydrogen-bond donors (Lipinski definition) is 1. The van der Waals surface area contributed by atoms with E-state index in [4.69, 9.17) is 0 Å². The summed E-state index contributed by atoms with van der Waals surface area (Å²) >= 11 is 0. The van der Waals surface area contributed by atoms with Gasteiger partial charge in [-0.25, -0.2) is 0 Å². The number of fused-ring (bicyclic) bond motifs is 2. The van der Waals surface area contributed by atoms with Gasteiger partial charge in [0.2, 0.25) is 0 Å². The maximum Gasteiger partial charge on any atom is 0.115 e. The largest absolute Gasteiger partial charge is 0.508 e. The Balaban J connectivity index is 1.86. The molecule has 0 radical (unpaired) electrons. The van der Waals surface area contributed by atoms with Gasteiger partial charge < -0.3 is 5.11 Å². The summed E-state index contributed by atoms with van der Waals surface area (Å²) in [6, 6.07) is 7.84. The monoisotopic (exact) mass is 188 g/mol. The van der Waals surface area contributed by atoms with Crippen molar-refractivity contribution in [3.05, 3.63) is 29.8 Å². The molecule has 2 saturated carbocycles. The Morgan fingerprint density at radius 3 is 2.36 bits per heavy atom. The molecule has 14 heavy (non-hydrogen) atoms. The maximum atomic E-state index is 9.23. The highest BCUT2D eigenvalue weighted by Gasteiger charge is 2.39. The van der Waals surface area contributed by atoms with E-state index in [-0.39, 0.29) is 0 Å². The van der Waals surface area contributed by atoms with E-state index in [0.29, 0.717) is 5.75 Å². The second-order valence-corrected chi connectivity index (χ2v) is 4.87. The summed E-state index contributed by atoms with van der Waals surface area (Å²) in [6.07, 6.45) is 5.72. The first kappa shape index (κ1) is 8.34. The van der Waals surface area contributed by atoms with Gasteiger partial charge in [0.1, 0.15) is 5.75 Å². The van der Waals surface area contributed by atoms with Crippen LogP contribution in [0.2, 0.25) is 0 Å². The highest BCUT2D eigenvalue weighted by atomic mass is 16.3. The van der Waals surface area contributed by atoms with E-state index in [9.17, 15) is 5.11 Å². The van der Waals surface area contributed by atoms with Crippen molar-refractivity contribution in [2.24, 2.45) is 11.8 Å². The Labute approximate surface area is 84.8 Å². The van der Waals surface area contributed by atoms with Crippen molar-refractivity contribution in [2.75, 3.05) is 0 Å². The lowest BCUT2D eigenvalue weighted by atomic mass is 9.83. The van der Waals surface area contributed by atoms with Crippen LogP contribution in [0.5, 0.6) is 5.75 Å². The number of benzene rings is 1. The minimum absolute atomic E-state index is 0.386. The van der Waals surface area contributed by atoms with E-state index in [1.807, 2.05) is 12.1 Å². The SMILES string of the molecule is Oc1ccc(C2CC3CCC2C3)cc1. The van der Waals surface area contributed by atoms with Gasteiger partial charge in [0.15, 0.2) is 0 Å². The van der Waals surface area contributed by atoms with Crippen LogP contribution in [0.3, 0.4) is 0 Å². The first-order valence-corrected chi connectivity index (χ1v) is 5.62. The number of aromatic hydroxyl groups is 1. The highest BCUT2D eigenvalue weighted by molar-refractivity contribution is 5.30. The summed E-state index contributed by atoms with van der Waals surface area (Å²) in [5.74, 6) is 3.11. The quantitative estimate of drug-likeness (QED) is 0.717. The topological polar surface area (TPSA) is 20.2 Å². The fraction of sp³-hybridized carbons (Fsp3) is 0.538. The molecule has 3 rings (SSSR count). The average molecular weight is 188 g/mol. The zero-order valence-electron chi connectivity index (χ0n) is 8.32. The second kappa shape index (κ2) is 3.01. The summed E-state index contributed by atoms with van der Waals surface area (Å²) in [7, 11) is 0. The lowest BCUT2D eigenvalue weighted by Gasteiger charge is -2.21. The van der Waals surface area contributed by atoms with Crippen LogP contribution in [0, 0.1) is 11.8 Å². The van der Waals surface area contributed by atoms with Crippen LogP contribution in [-0.4, -0.2) is 5.11 Å². The van der Waals surface area contributed by atoms with Gasteiger partial charge >= 0.3 is 0 Å². The third-order valence-corrected chi connectivity index (χ3v) is 4.06. The lowest BCUT2D eigenvalue weighted by Crippen LogP contribution is -2.07. The third-order valence-electron chi connectivity index (χ3n) is 4.06. The molecule has 1 aromatic carbocycles. The molecule has 0 spiro atoms. The zero-order chi connectivity index (χ0) is 9.54. The molecule has 2 bridgehead atoms. The Morgan fingerprint density at radius 2 is 1.79 bits per heavy atom. The van der Waals surface area contributed by atoms with Crippen LogP contribution < -0.4 is 0 Å². The summed E-state index contributed by atoms with van der Waals surface area (Å²) < 4.78 is 0. The van der Waals surface area contributed by atoms with Gasteiger partial charge in [-0.3, -0.25) is 0 Å². The summed E-state index contributed by atoms with van der Waals surface area (Å²) in [5.41, 5.74) is 1.44. The normalized spacial score (nSPS) is 35.0. The summed E-state index contributed by atoms with van der Waals surface area (Å²) in [6.45, 7) is 0. The minimum Gasteiger partial charge on any atom is -0.508 e. The molecule has 0 amide bonds. The van der Waals surface area contributed by atoms with E-state index in [1.165, 1.54) is 31.2 Å². The van der Waals surface area contributed by atoms with Crippen LogP contribution >= 0.6 is 0 Å². The van der Waals surface area contributed by atoms with Crippen molar-refractivity contribution >= 4 is 0 Å². The molecule has 2 aliphatic carbocycles. The van der Waals surface area contributed by atoms with Crippen LogP contribution in [0.1, 0.15) is 37.2 Å². The van der Waals surface area contributed by atoms with Gasteiger partial charge in [0, 0.05) is 0 Å². The van der Waals surface area contributed by atoms with Gasteiger partial charge in [-0.15, -0.1) is 0 Å². The fourth-order valence-corrected chi connectivity index (χ4v) is 3.37. The smallest absolute Gasteiger partial charge is 0.115 e. The minimum atomic E-state index is 0.386. The average Bonchev–Trinajstić information content (AvgIpc) is 2.80. The Hall–Kier alpha value is -0.980. The molecule has 3 atom stereocenters. The molecule has 3 unspecified atom stereocenters. The van der Waals surface area contributed by atoms with Crippen molar-refractivity contribution < 1.29 is 5.11 Å². The number of hydrogen-bond acceptors (Lipinski definition) is 1. The molecule has 0 saturated heterocycles. The predicted octanol–water partition coefficient (Wildman–Crippen LogP) is 3.30. The molecule has 0 aliphatic heterocycles. The molecule has 1 aromatic rings. The van der Waals surface area contributed by atoms with Crippen molar-refractivity contribution in [3.63, 3.8) is 0 Å². The first-order valence-electron chi connectivity index (χ1n) is 5.62. The van der Waals surface area contributed by atoms with Gasteiger partial charge in [0.25, 0.3) is 0 Å². The van der Waals surface area contributed by atoms with Crippen molar-refractivity contribution in [1.29, 1.82) is 0 Å². The van der Waals surface area contributed by atoms with E-state index >= 15 is 0 Å². The van der Waals surface area contributed by atoms with Crippen molar-refractivity contribution in [2.45, 2.75) is 31.6 Å². The number of phenolic OH excluding ortho intramolecular Hbond substituents is 1. The van der Waals surface area contributed by atoms with E-state index in [1.54, 1.807) is 0 Å². The van der Waals surface area contributed by atoms with Crippen LogP contribution in [0.25, 0.3) is 0 Å². The van der Waals surface area contributed by atoms with Gasteiger partial charge in [-0.2, -0.15) is 0 Å². The van der Waals surface area contributed by atoms with Crippen molar-refractivity contribution in [1.82, 2.24) is 0 Å². The predicted molar refractivity (Wildman–Crippen MR) is 56.3 cm³/mol. The molecule has 0 aromatic heterocycles. The zero-order valence-corrected chi connectivity index (χ0v) is 8.32. The second-order valence-electron chi connectivity index (χ2n) is 4.87. The van der Waals surface area contributed by atoms with E-state index < -0.39 is 0 Å². The van der Waals surface area contributed by atoms with Gasteiger partial charge in [-0.05, 0) is 54.7 Å². The van der Waals surface area contributed by atoms with Gasteiger partial charge in [0.05, 0.1) is 0 Å². The summed E-state index contributed by atoms with van der Waals surface area (Å²) in [4.78, 5) is 0. The molecular formula is C13H16O. The molecule has 2 fully saturated rings. The number of rotatable bonds is 1. The molecule has 74 valence electrons. The van der Waals surface area contributed by atoms with Crippen LogP contribution in [-0.2, 0) is 0 Å². The van der Waals surface area contributed by atoms with Crippen molar-refractivity contribution in [3.8, 4) is 5.75 Å². The molecule has 1 heteroatoms. The number of phenols is 1. The molecule has 1 N–H and O–H groups in total. The highest BCUT2D eigenvalue weighted by Crippen LogP contribution is 2.52. The summed E-state index contributed by atoms with van der Waals surface area (Å²) in [5, 5.41) is 9.23. The van der Waals surface area contributed by atoms with E-state index in [2.05, 4.69) is 12.1 Å². The van der Waals surface area contributed by atoms with Crippen LogP contribution in [0.15, 0.2) is 24.3 Å². The molecule has 1 nitrogen and oxygen atoms in total. The Morgan fingerprint density at radius 1 is 1.00 bits per heavy atom. The lowest BCUT2D eigenvalue weighted by molar-refractivity contribution is 0.419. The van der Waals surface area contributed by atoms with Crippen LogP contribution in [0.4, 0.5) is 0 Å². The first-order chi connectivity index (χ1) is 6.83. The molecular weight excluding hydrogens is 172 g/mol. The third kappa shape index (κ3) is 1.23. The van der Waals surface area contributed by atoms with E-state index in [0.717, 1.165) is 17.8 Å². The fourth-order valence-electron chi connectivity index (χ4n) is 3.37. The maximum absolute atomic E-state index is 9.23.